The molecule has 0 saturated carbocycles. The lowest BCUT2D eigenvalue weighted by molar-refractivity contribution is 0.193. The summed E-state index contributed by atoms with van der Waals surface area (Å²) in [7, 11) is 0. The maximum Gasteiger partial charge on any atom is 0.317 e. The fraction of sp³-hybridized carbons (Fsp3) is 0.400. The molecule has 1 aliphatic rings. The lowest BCUT2D eigenvalue weighted by Crippen LogP contribution is -2.41. The zero-order valence-corrected chi connectivity index (χ0v) is 13.1. The number of hydrogen-bond acceptors (Lipinski definition) is 5. The van der Waals surface area contributed by atoms with E-state index in [2.05, 4.69) is 37.4 Å². The van der Waals surface area contributed by atoms with Crippen LogP contribution in [0.5, 0.6) is 0 Å². The summed E-state index contributed by atoms with van der Waals surface area (Å²) < 4.78 is 0. The summed E-state index contributed by atoms with van der Waals surface area (Å²) in [5.41, 5.74) is 1.25. The second-order valence-corrected chi connectivity index (χ2v) is 5.94. The van der Waals surface area contributed by atoms with Crippen molar-refractivity contribution in [2.45, 2.75) is 18.9 Å². The van der Waals surface area contributed by atoms with Crippen LogP contribution in [0.15, 0.2) is 35.4 Å². The molecule has 3 heterocycles. The zero-order valence-electron chi connectivity index (χ0n) is 12.2. The van der Waals surface area contributed by atoms with Crippen LogP contribution in [0.3, 0.4) is 0 Å². The summed E-state index contributed by atoms with van der Waals surface area (Å²) in [5.74, 6) is 0.717. The quantitative estimate of drug-likeness (QED) is 0.831. The van der Waals surface area contributed by atoms with Crippen molar-refractivity contribution in [2.75, 3.05) is 25.0 Å². The lowest BCUT2D eigenvalue weighted by atomic mass is 10.1. The van der Waals surface area contributed by atoms with Crippen molar-refractivity contribution in [1.29, 1.82) is 0 Å². The van der Waals surface area contributed by atoms with E-state index in [1.165, 1.54) is 5.56 Å². The Labute approximate surface area is 133 Å². The van der Waals surface area contributed by atoms with E-state index in [-0.39, 0.29) is 12.1 Å². The van der Waals surface area contributed by atoms with Gasteiger partial charge in [0.15, 0.2) is 0 Å². The molecule has 0 aromatic carbocycles. The van der Waals surface area contributed by atoms with Crippen molar-refractivity contribution in [2.24, 2.45) is 0 Å². The van der Waals surface area contributed by atoms with E-state index < -0.39 is 0 Å². The molecule has 1 aliphatic heterocycles. The van der Waals surface area contributed by atoms with E-state index in [1.807, 2.05) is 4.90 Å². The zero-order chi connectivity index (χ0) is 15.2. The first kappa shape index (κ1) is 14.8. The van der Waals surface area contributed by atoms with Gasteiger partial charge in [-0.2, -0.15) is 11.3 Å². The first-order valence-corrected chi connectivity index (χ1v) is 8.35. The van der Waals surface area contributed by atoms with Gasteiger partial charge in [-0.15, -0.1) is 0 Å². The smallest absolute Gasteiger partial charge is 0.317 e. The van der Waals surface area contributed by atoms with Crippen molar-refractivity contribution < 1.29 is 4.79 Å². The molecule has 0 bridgehead atoms. The minimum Gasteiger partial charge on any atom is -0.367 e. The minimum atomic E-state index is 0.00893. The highest BCUT2D eigenvalue weighted by atomic mass is 32.1. The number of hydrogen-bond donors (Lipinski definition) is 2. The van der Waals surface area contributed by atoms with Crippen molar-refractivity contribution in [3.63, 3.8) is 0 Å². The van der Waals surface area contributed by atoms with Gasteiger partial charge in [0.25, 0.3) is 0 Å². The SMILES string of the molecule is O=C(NCCNc1cnccn1)N1CCCC1c1ccsc1. The third-order valence-corrected chi connectivity index (χ3v) is 4.41. The Kier molecular flexibility index (Phi) is 4.85. The molecule has 116 valence electrons. The van der Waals surface area contributed by atoms with Crippen LogP contribution in [0.2, 0.25) is 0 Å². The Morgan fingerprint density at radius 2 is 2.36 bits per heavy atom. The number of nitrogens with one attached hydrogen (secondary N) is 2. The number of likely N-dealkylation sites (tertiary alicyclic amines) is 1. The number of urea groups is 1. The number of aromatic nitrogens is 2. The number of nitrogens with zero attached hydrogens (tertiary/aromatic N) is 3. The van der Waals surface area contributed by atoms with Crippen LogP contribution in [0.4, 0.5) is 10.6 Å². The molecule has 2 amide bonds. The summed E-state index contributed by atoms with van der Waals surface area (Å²) in [5, 5.41) is 10.3. The standard InChI is InChI=1S/C15H19N5OS/c21-15(19-7-6-18-14-10-16-4-5-17-14)20-8-1-2-13(20)12-3-9-22-11-12/h3-5,9-11,13H,1-2,6-8H2,(H,17,18)(H,19,21). The normalized spacial score (nSPS) is 17.5. The van der Waals surface area contributed by atoms with E-state index in [1.54, 1.807) is 29.9 Å². The van der Waals surface area contributed by atoms with Crippen LogP contribution in [-0.4, -0.2) is 40.5 Å². The molecular weight excluding hydrogens is 298 g/mol. The Hall–Kier alpha value is -2.15. The second kappa shape index (κ2) is 7.22. The van der Waals surface area contributed by atoms with Crippen LogP contribution in [0, 0.1) is 0 Å². The van der Waals surface area contributed by atoms with Gasteiger partial charge in [0, 0.05) is 32.0 Å². The van der Waals surface area contributed by atoms with Crippen molar-refractivity contribution in [1.82, 2.24) is 20.2 Å². The first-order valence-electron chi connectivity index (χ1n) is 7.41. The van der Waals surface area contributed by atoms with Gasteiger partial charge in [-0.05, 0) is 35.2 Å². The van der Waals surface area contributed by atoms with Gasteiger partial charge < -0.3 is 15.5 Å². The average Bonchev–Trinajstić information content (AvgIpc) is 3.22. The molecule has 1 unspecified atom stereocenters. The van der Waals surface area contributed by atoms with E-state index >= 15 is 0 Å². The number of rotatable bonds is 5. The maximum atomic E-state index is 12.3. The fourth-order valence-corrected chi connectivity index (χ4v) is 3.38. The Morgan fingerprint density at radius 3 is 3.14 bits per heavy atom. The molecule has 0 radical (unpaired) electrons. The van der Waals surface area contributed by atoms with Crippen LogP contribution >= 0.6 is 11.3 Å². The summed E-state index contributed by atoms with van der Waals surface area (Å²) in [6.45, 7) is 2.01. The van der Waals surface area contributed by atoms with Gasteiger partial charge in [-0.3, -0.25) is 4.98 Å². The molecule has 22 heavy (non-hydrogen) atoms. The minimum absolute atomic E-state index is 0.00893. The van der Waals surface area contributed by atoms with Crippen molar-refractivity contribution in [3.05, 3.63) is 41.0 Å². The van der Waals surface area contributed by atoms with Crippen LogP contribution in [-0.2, 0) is 0 Å². The number of amides is 2. The van der Waals surface area contributed by atoms with Crippen molar-refractivity contribution in [3.8, 4) is 0 Å². The average molecular weight is 317 g/mol. The maximum absolute atomic E-state index is 12.3. The molecule has 2 aromatic rings. The van der Waals surface area contributed by atoms with Gasteiger partial charge in [-0.1, -0.05) is 0 Å². The van der Waals surface area contributed by atoms with Crippen LogP contribution in [0.1, 0.15) is 24.4 Å². The molecule has 6 nitrogen and oxygen atoms in total. The summed E-state index contributed by atoms with van der Waals surface area (Å²) in [6, 6.07) is 2.34. The predicted molar refractivity (Wildman–Crippen MR) is 86.9 cm³/mol. The van der Waals surface area contributed by atoms with Crippen LogP contribution < -0.4 is 10.6 Å². The summed E-state index contributed by atoms with van der Waals surface area (Å²) in [6.07, 6.45) is 7.03. The molecule has 2 aromatic heterocycles. The van der Waals surface area contributed by atoms with Gasteiger partial charge in [0.2, 0.25) is 0 Å². The van der Waals surface area contributed by atoms with Gasteiger partial charge in [0.1, 0.15) is 5.82 Å². The van der Waals surface area contributed by atoms with E-state index in [0.29, 0.717) is 18.9 Å². The highest BCUT2D eigenvalue weighted by molar-refractivity contribution is 7.07. The predicted octanol–water partition coefficient (Wildman–Crippen LogP) is 2.50. The third kappa shape index (κ3) is 3.54. The number of thiophene rings is 1. The fourth-order valence-electron chi connectivity index (χ4n) is 2.67. The Balaban J connectivity index is 1.45. The van der Waals surface area contributed by atoms with Crippen LogP contribution in [0.25, 0.3) is 0 Å². The topological polar surface area (TPSA) is 70.1 Å². The molecule has 0 spiro atoms. The molecule has 7 heteroatoms. The lowest BCUT2D eigenvalue weighted by Gasteiger charge is -2.24. The van der Waals surface area contributed by atoms with Gasteiger partial charge >= 0.3 is 6.03 Å². The molecule has 1 saturated heterocycles. The monoisotopic (exact) mass is 317 g/mol. The molecule has 3 rings (SSSR count). The molecular formula is C15H19N5OS. The van der Waals surface area contributed by atoms with E-state index in [4.69, 9.17) is 0 Å². The molecule has 0 aliphatic carbocycles. The highest BCUT2D eigenvalue weighted by Crippen LogP contribution is 2.32. The van der Waals surface area contributed by atoms with Gasteiger partial charge in [0.05, 0.1) is 12.2 Å². The number of carbonyl (C=O) groups is 1. The summed E-state index contributed by atoms with van der Waals surface area (Å²) >= 11 is 1.68. The van der Waals surface area contributed by atoms with E-state index in [9.17, 15) is 4.79 Å². The Morgan fingerprint density at radius 1 is 1.41 bits per heavy atom. The number of carbonyl (C=O) groups excluding carboxylic acids is 1. The Bertz CT molecular complexity index is 589. The molecule has 2 N–H and O–H groups in total. The van der Waals surface area contributed by atoms with Gasteiger partial charge in [-0.25, -0.2) is 9.78 Å². The molecule has 1 atom stereocenters. The summed E-state index contributed by atoms with van der Waals surface area (Å²) in [4.78, 5) is 22.4. The highest BCUT2D eigenvalue weighted by Gasteiger charge is 2.29. The number of anilines is 1. The third-order valence-electron chi connectivity index (χ3n) is 3.71. The van der Waals surface area contributed by atoms with Crippen molar-refractivity contribution >= 4 is 23.2 Å². The molecule has 1 fully saturated rings. The second-order valence-electron chi connectivity index (χ2n) is 5.16. The first-order chi connectivity index (χ1) is 10.8. The van der Waals surface area contributed by atoms with E-state index in [0.717, 1.165) is 19.4 Å². The largest absolute Gasteiger partial charge is 0.367 e.